The predicted molar refractivity (Wildman–Crippen MR) is 45.5 cm³/mol. The summed E-state index contributed by atoms with van der Waals surface area (Å²) in [7, 11) is 0. The number of piperidine rings is 1. The fourth-order valence-corrected chi connectivity index (χ4v) is 1.61. The Morgan fingerprint density at radius 3 is 2.25 bits per heavy atom. The molecule has 1 fully saturated rings. The van der Waals surface area contributed by atoms with Gasteiger partial charge in [0, 0.05) is 6.92 Å². The lowest BCUT2D eigenvalue weighted by molar-refractivity contribution is -0.0216. The van der Waals surface area contributed by atoms with Crippen LogP contribution in [0.3, 0.4) is 0 Å². The van der Waals surface area contributed by atoms with E-state index in [1.807, 2.05) is 4.90 Å². The molecule has 0 bridgehead atoms. The highest BCUT2D eigenvalue weighted by molar-refractivity contribution is 4.73. The molecule has 0 aromatic heterocycles. The van der Waals surface area contributed by atoms with Gasteiger partial charge in [-0.15, -0.1) is 0 Å². The molecule has 3 heteroatoms. The maximum absolute atomic E-state index is 12.6. The zero-order valence-corrected chi connectivity index (χ0v) is 7.82. The molecule has 12 heavy (non-hydrogen) atoms. The molecule has 1 nitrogen and oxygen atoms in total. The minimum atomic E-state index is -2.53. The van der Waals surface area contributed by atoms with Gasteiger partial charge in [-0.1, -0.05) is 6.92 Å². The summed E-state index contributed by atoms with van der Waals surface area (Å²) in [6.07, 6.45) is 2.13. The van der Waals surface area contributed by atoms with Gasteiger partial charge >= 0.3 is 0 Å². The van der Waals surface area contributed by atoms with E-state index in [0.29, 0.717) is 5.92 Å². The summed E-state index contributed by atoms with van der Waals surface area (Å²) in [5, 5.41) is 0. The molecule has 1 aliphatic heterocycles. The van der Waals surface area contributed by atoms with Crippen LogP contribution in [0.1, 0.15) is 26.7 Å². The third kappa shape index (κ3) is 3.48. The zero-order valence-electron chi connectivity index (χ0n) is 7.82. The molecule has 1 heterocycles. The first kappa shape index (κ1) is 9.90. The Hall–Kier alpha value is -0.180. The van der Waals surface area contributed by atoms with E-state index in [9.17, 15) is 8.78 Å². The van der Waals surface area contributed by atoms with Crippen molar-refractivity contribution in [3.8, 4) is 0 Å². The van der Waals surface area contributed by atoms with Gasteiger partial charge in [-0.2, -0.15) is 0 Å². The first-order valence-electron chi connectivity index (χ1n) is 4.57. The number of halogens is 2. The maximum atomic E-state index is 12.6. The number of nitrogens with zero attached hydrogens (tertiary/aromatic N) is 1. The van der Waals surface area contributed by atoms with Crippen molar-refractivity contribution >= 4 is 0 Å². The van der Waals surface area contributed by atoms with Crippen molar-refractivity contribution in [1.29, 1.82) is 0 Å². The van der Waals surface area contributed by atoms with Crippen molar-refractivity contribution in [2.45, 2.75) is 32.6 Å². The predicted octanol–water partition coefficient (Wildman–Crippen LogP) is 2.37. The molecule has 0 saturated carbocycles. The Labute approximate surface area is 72.7 Å². The van der Waals surface area contributed by atoms with Gasteiger partial charge in [0.15, 0.2) is 0 Å². The van der Waals surface area contributed by atoms with Gasteiger partial charge in [-0.05, 0) is 31.8 Å². The first-order valence-corrected chi connectivity index (χ1v) is 4.57. The molecule has 0 aromatic carbocycles. The Bertz CT molecular complexity index is 134. The highest BCUT2D eigenvalue weighted by atomic mass is 19.3. The van der Waals surface area contributed by atoms with Gasteiger partial charge in [-0.25, -0.2) is 8.78 Å². The van der Waals surface area contributed by atoms with Gasteiger partial charge in [0.2, 0.25) is 0 Å². The molecule has 0 aromatic rings. The summed E-state index contributed by atoms with van der Waals surface area (Å²) in [6, 6.07) is 0. The molecule has 0 spiro atoms. The summed E-state index contributed by atoms with van der Waals surface area (Å²) < 4.78 is 25.1. The van der Waals surface area contributed by atoms with Gasteiger partial charge in [-0.3, -0.25) is 4.90 Å². The molecular weight excluding hydrogens is 160 g/mol. The number of alkyl halides is 2. The van der Waals surface area contributed by atoms with Crippen LogP contribution in [0.4, 0.5) is 8.78 Å². The van der Waals surface area contributed by atoms with Crippen molar-refractivity contribution in [2.75, 3.05) is 19.6 Å². The molecule has 0 radical (unpaired) electrons. The minimum absolute atomic E-state index is 0.0697. The van der Waals surface area contributed by atoms with E-state index >= 15 is 0 Å². The Morgan fingerprint density at radius 1 is 1.33 bits per heavy atom. The van der Waals surface area contributed by atoms with Crippen molar-refractivity contribution in [3.05, 3.63) is 0 Å². The van der Waals surface area contributed by atoms with Crippen LogP contribution < -0.4 is 0 Å². The quantitative estimate of drug-likeness (QED) is 0.626. The van der Waals surface area contributed by atoms with Crippen molar-refractivity contribution < 1.29 is 8.78 Å². The monoisotopic (exact) mass is 177 g/mol. The first-order chi connectivity index (χ1) is 5.47. The largest absolute Gasteiger partial charge is 0.297 e. The molecule has 0 aliphatic carbocycles. The van der Waals surface area contributed by atoms with Crippen LogP contribution in [0.2, 0.25) is 0 Å². The number of likely N-dealkylation sites (tertiary alicyclic amines) is 1. The van der Waals surface area contributed by atoms with Crippen molar-refractivity contribution in [3.63, 3.8) is 0 Å². The van der Waals surface area contributed by atoms with Gasteiger partial charge in [0.1, 0.15) is 0 Å². The van der Waals surface area contributed by atoms with Crippen molar-refractivity contribution in [2.24, 2.45) is 5.92 Å². The second-order valence-electron chi connectivity index (χ2n) is 4.03. The van der Waals surface area contributed by atoms with E-state index in [4.69, 9.17) is 0 Å². The van der Waals surface area contributed by atoms with E-state index in [2.05, 4.69) is 6.92 Å². The van der Waals surface area contributed by atoms with Crippen LogP contribution in [0, 0.1) is 5.92 Å². The van der Waals surface area contributed by atoms with E-state index in [-0.39, 0.29) is 6.54 Å². The second kappa shape index (κ2) is 3.69. The van der Waals surface area contributed by atoms with Crippen LogP contribution in [-0.2, 0) is 0 Å². The van der Waals surface area contributed by atoms with E-state index < -0.39 is 5.92 Å². The number of hydrogen-bond acceptors (Lipinski definition) is 1. The lowest BCUT2D eigenvalue weighted by Gasteiger charge is -2.31. The standard InChI is InChI=1S/C9H17F2N/c1-8-3-5-12(6-4-8)7-9(2,10)11/h8H,3-7H2,1-2H3. The normalized spacial score (nSPS) is 23.0. The maximum Gasteiger partial charge on any atom is 0.257 e. The smallest absolute Gasteiger partial charge is 0.257 e. The molecule has 0 atom stereocenters. The molecule has 0 N–H and O–H groups in total. The molecule has 1 aliphatic rings. The SMILES string of the molecule is CC1CCN(CC(C)(F)F)CC1. The molecule has 0 amide bonds. The van der Waals surface area contributed by atoms with Crippen LogP contribution in [0.15, 0.2) is 0 Å². The van der Waals surface area contributed by atoms with E-state index in [1.54, 1.807) is 0 Å². The van der Waals surface area contributed by atoms with E-state index in [0.717, 1.165) is 32.9 Å². The Morgan fingerprint density at radius 2 is 1.83 bits per heavy atom. The molecule has 72 valence electrons. The third-order valence-electron chi connectivity index (χ3n) is 2.38. The highest BCUT2D eigenvalue weighted by Crippen LogP contribution is 2.20. The lowest BCUT2D eigenvalue weighted by atomic mass is 9.99. The Balaban J connectivity index is 2.26. The average molecular weight is 177 g/mol. The summed E-state index contributed by atoms with van der Waals surface area (Å²) in [6.45, 7) is 4.78. The minimum Gasteiger partial charge on any atom is -0.297 e. The molecule has 1 saturated heterocycles. The molecule has 0 unspecified atom stereocenters. The van der Waals surface area contributed by atoms with Gasteiger partial charge in [0.25, 0.3) is 5.92 Å². The highest BCUT2D eigenvalue weighted by Gasteiger charge is 2.26. The summed E-state index contributed by atoms with van der Waals surface area (Å²) in [5.41, 5.74) is 0. The number of rotatable bonds is 2. The van der Waals surface area contributed by atoms with Gasteiger partial charge in [0.05, 0.1) is 6.54 Å². The van der Waals surface area contributed by atoms with Crippen LogP contribution >= 0.6 is 0 Å². The topological polar surface area (TPSA) is 3.24 Å². The number of hydrogen-bond donors (Lipinski definition) is 0. The van der Waals surface area contributed by atoms with Crippen molar-refractivity contribution in [1.82, 2.24) is 4.90 Å². The third-order valence-corrected chi connectivity index (χ3v) is 2.38. The molecular formula is C9H17F2N. The van der Waals surface area contributed by atoms with Crippen LogP contribution in [0.5, 0.6) is 0 Å². The fourth-order valence-electron chi connectivity index (χ4n) is 1.61. The second-order valence-corrected chi connectivity index (χ2v) is 4.03. The molecule has 1 rings (SSSR count). The fraction of sp³-hybridized carbons (Fsp3) is 1.00. The van der Waals surface area contributed by atoms with Crippen LogP contribution in [0.25, 0.3) is 0 Å². The summed E-state index contributed by atoms with van der Waals surface area (Å²) in [5.74, 6) is -1.81. The summed E-state index contributed by atoms with van der Waals surface area (Å²) >= 11 is 0. The van der Waals surface area contributed by atoms with Crippen LogP contribution in [-0.4, -0.2) is 30.5 Å². The Kier molecular flexibility index (Phi) is 3.04. The lowest BCUT2D eigenvalue weighted by Crippen LogP contribution is -2.40. The van der Waals surface area contributed by atoms with E-state index in [1.165, 1.54) is 0 Å². The average Bonchev–Trinajstić information content (AvgIpc) is 1.91. The summed E-state index contributed by atoms with van der Waals surface area (Å²) in [4.78, 5) is 1.86. The zero-order chi connectivity index (χ0) is 9.19. The van der Waals surface area contributed by atoms with Gasteiger partial charge < -0.3 is 0 Å².